The third-order valence-corrected chi connectivity index (χ3v) is 2.19. The van der Waals surface area contributed by atoms with Crippen LogP contribution in [-0.4, -0.2) is 23.1 Å². The first-order chi connectivity index (χ1) is 6.09. The van der Waals surface area contributed by atoms with Gasteiger partial charge >= 0.3 is 6.09 Å². The highest BCUT2D eigenvalue weighted by atomic mass is 79.9. The van der Waals surface area contributed by atoms with Gasteiger partial charge in [-0.15, -0.1) is 0 Å². The molecule has 0 saturated heterocycles. The van der Waals surface area contributed by atoms with E-state index in [2.05, 4.69) is 15.9 Å². The van der Waals surface area contributed by atoms with Crippen molar-refractivity contribution < 1.29 is 9.90 Å². The lowest BCUT2D eigenvalue weighted by Gasteiger charge is -2.12. The smallest absolute Gasteiger partial charge is 0.407 e. The number of halogens is 1. The van der Waals surface area contributed by atoms with E-state index in [-0.39, 0.29) is 0 Å². The molecule has 0 saturated carbocycles. The second kappa shape index (κ2) is 4.28. The summed E-state index contributed by atoms with van der Waals surface area (Å²) in [6.45, 7) is 0.419. The third-order valence-electron chi connectivity index (χ3n) is 1.66. The molecule has 1 amide bonds. The summed E-state index contributed by atoms with van der Waals surface area (Å²) >= 11 is 3.31. The van der Waals surface area contributed by atoms with E-state index < -0.39 is 6.09 Å². The Bertz CT molecular complexity index is 297. The highest BCUT2D eigenvalue weighted by molar-refractivity contribution is 9.10. The maximum Gasteiger partial charge on any atom is 0.407 e. The van der Waals surface area contributed by atoms with E-state index in [9.17, 15) is 4.79 Å². The molecule has 3 nitrogen and oxygen atoms in total. The van der Waals surface area contributed by atoms with Crippen molar-refractivity contribution in [3.63, 3.8) is 0 Å². The van der Waals surface area contributed by atoms with E-state index in [1.165, 1.54) is 4.90 Å². The van der Waals surface area contributed by atoms with Crippen molar-refractivity contribution in [1.82, 2.24) is 4.90 Å². The van der Waals surface area contributed by atoms with Crippen LogP contribution in [0.5, 0.6) is 0 Å². The quantitative estimate of drug-likeness (QED) is 0.868. The Balaban J connectivity index is 2.64. The summed E-state index contributed by atoms with van der Waals surface area (Å²) in [4.78, 5) is 11.7. The van der Waals surface area contributed by atoms with Crippen LogP contribution in [0.4, 0.5) is 4.79 Å². The average Bonchev–Trinajstić information content (AvgIpc) is 2.08. The summed E-state index contributed by atoms with van der Waals surface area (Å²) in [6.07, 6.45) is -0.914. The summed E-state index contributed by atoms with van der Waals surface area (Å²) in [5.74, 6) is 0. The van der Waals surface area contributed by atoms with Crippen molar-refractivity contribution >= 4 is 22.0 Å². The minimum Gasteiger partial charge on any atom is -0.465 e. The molecule has 0 fully saturated rings. The van der Waals surface area contributed by atoms with Crippen LogP contribution in [0.25, 0.3) is 0 Å². The summed E-state index contributed by atoms with van der Waals surface area (Å²) in [6, 6.07) is 7.57. The lowest BCUT2D eigenvalue weighted by Crippen LogP contribution is -2.23. The van der Waals surface area contributed by atoms with Gasteiger partial charge in [-0.1, -0.05) is 28.1 Å². The number of carboxylic acid groups (broad SMARTS) is 1. The van der Waals surface area contributed by atoms with Gasteiger partial charge in [-0.2, -0.15) is 0 Å². The second-order valence-electron chi connectivity index (χ2n) is 2.77. The maximum atomic E-state index is 10.5. The van der Waals surface area contributed by atoms with Gasteiger partial charge in [-0.3, -0.25) is 0 Å². The first-order valence-corrected chi connectivity index (χ1v) is 4.57. The van der Waals surface area contributed by atoms with Gasteiger partial charge in [0.2, 0.25) is 0 Å². The molecule has 0 aliphatic carbocycles. The fraction of sp³-hybridized carbons (Fsp3) is 0.222. The van der Waals surface area contributed by atoms with Gasteiger partial charge < -0.3 is 10.0 Å². The topological polar surface area (TPSA) is 40.5 Å². The van der Waals surface area contributed by atoms with Crippen LogP contribution in [0, 0.1) is 0 Å². The van der Waals surface area contributed by atoms with E-state index in [1.54, 1.807) is 7.05 Å². The van der Waals surface area contributed by atoms with Crippen LogP contribution < -0.4 is 0 Å². The molecule has 0 unspecified atom stereocenters. The third kappa shape index (κ3) is 3.06. The largest absolute Gasteiger partial charge is 0.465 e. The second-order valence-corrected chi connectivity index (χ2v) is 3.68. The fourth-order valence-corrected chi connectivity index (χ4v) is 1.20. The number of hydrogen-bond donors (Lipinski definition) is 1. The molecule has 0 aliphatic heterocycles. The number of amides is 1. The Morgan fingerprint density at radius 2 is 2.00 bits per heavy atom. The molecule has 1 aromatic carbocycles. The van der Waals surface area contributed by atoms with Crippen LogP contribution in [0.3, 0.4) is 0 Å². The number of nitrogens with zero attached hydrogens (tertiary/aromatic N) is 1. The van der Waals surface area contributed by atoms with Crippen molar-refractivity contribution in [2.45, 2.75) is 6.54 Å². The number of benzene rings is 1. The first-order valence-electron chi connectivity index (χ1n) is 3.78. The molecule has 0 heterocycles. The molecule has 4 heteroatoms. The van der Waals surface area contributed by atoms with Gasteiger partial charge in [0.15, 0.2) is 0 Å². The van der Waals surface area contributed by atoms with Crippen LogP contribution in [0.2, 0.25) is 0 Å². The minimum absolute atomic E-state index is 0.419. The van der Waals surface area contributed by atoms with Gasteiger partial charge in [-0.05, 0) is 17.7 Å². The molecule has 1 rings (SSSR count). The van der Waals surface area contributed by atoms with Crippen molar-refractivity contribution in [3.05, 3.63) is 34.3 Å². The molecule has 70 valence electrons. The Kier molecular flexibility index (Phi) is 3.31. The number of hydrogen-bond acceptors (Lipinski definition) is 1. The average molecular weight is 244 g/mol. The zero-order valence-corrected chi connectivity index (χ0v) is 8.78. The van der Waals surface area contributed by atoms with Gasteiger partial charge in [0.1, 0.15) is 0 Å². The van der Waals surface area contributed by atoms with E-state index in [0.717, 1.165) is 10.0 Å². The van der Waals surface area contributed by atoms with E-state index in [4.69, 9.17) is 5.11 Å². The lowest BCUT2D eigenvalue weighted by molar-refractivity contribution is 0.154. The molecule has 1 aromatic rings. The zero-order chi connectivity index (χ0) is 9.84. The lowest BCUT2D eigenvalue weighted by atomic mass is 10.2. The van der Waals surface area contributed by atoms with Crippen LogP contribution in [0.1, 0.15) is 5.56 Å². The monoisotopic (exact) mass is 243 g/mol. The molecule has 0 radical (unpaired) electrons. The van der Waals surface area contributed by atoms with E-state index >= 15 is 0 Å². The minimum atomic E-state index is -0.914. The molecule has 0 atom stereocenters. The molecule has 1 N–H and O–H groups in total. The molecule has 0 spiro atoms. The zero-order valence-electron chi connectivity index (χ0n) is 7.20. The normalized spacial score (nSPS) is 9.69. The summed E-state index contributed by atoms with van der Waals surface area (Å²) in [7, 11) is 1.55. The van der Waals surface area contributed by atoms with Crippen molar-refractivity contribution in [2.24, 2.45) is 0 Å². The fourth-order valence-electron chi connectivity index (χ4n) is 0.931. The predicted molar refractivity (Wildman–Crippen MR) is 53.6 cm³/mol. The number of rotatable bonds is 2. The molecule has 0 aliphatic rings. The Morgan fingerprint density at radius 1 is 1.46 bits per heavy atom. The van der Waals surface area contributed by atoms with Crippen LogP contribution >= 0.6 is 15.9 Å². The van der Waals surface area contributed by atoms with Crippen molar-refractivity contribution in [1.29, 1.82) is 0 Å². The molecule has 13 heavy (non-hydrogen) atoms. The van der Waals surface area contributed by atoms with Crippen molar-refractivity contribution in [2.75, 3.05) is 7.05 Å². The van der Waals surface area contributed by atoms with Crippen LogP contribution in [-0.2, 0) is 6.54 Å². The van der Waals surface area contributed by atoms with Crippen molar-refractivity contribution in [3.8, 4) is 0 Å². The Hall–Kier alpha value is -1.03. The van der Waals surface area contributed by atoms with Gasteiger partial charge in [0, 0.05) is 18.1 Å². The maximum absolute atomic E-state index is 10.5. The molecular formula is C9H10BrNO2. The van der Waals surface area contributed by atoms with E-state index in [1.807, 2.05) is 24.3 Å². The summed E-state index contributed by atoms with van der Waals surface area (Å²) < 4.78 is 0.995. The Morgan fingerprint density at radius 3 is 2.46 bits per heavy atom. The molecule has 0 aromatic heterocycles. The van der Waals surface area contributed by atoms with Gasteiger partial charge in [0.25, 0.3) is 0 Å². The van der Waals surface area contributed by atoms with Gasteiger partial charge in [-0.25, -0.2) is 4.79 Å². The number of carbonyl (C=O) groups is 1. The highest BCUT2D eigenvalue weighted by Gasteiger charge is 2.04. The van der Waals surface area contributed by atoms with E-state index in [0.29, 0.717) is 6.54 Å². The van der Waals surface area contributed by atoms with Gasteiger partial charge in [0.05, 0.1) is 0 Å². The highest BCUT2D eigenvalue weighted by Crippen LogP contribution is 2.11. The standard InChI is InChI=1S/C9H10BrNO2/c1-11(9(12)13)6-7-2-4-8(10)5-3-7/h2-5H,6H2,1H3,(H,12,13). The summed E-state index contributed by atoms with van der Waals surface area (Å²) in [5, 5.41) is 8.61. The Labute approximate surface area is 85.1 Å². The SMILES string of the molecule is CN(Cc1ccc(Br)cc1)C(=O)O. The molecular weight excluding hydrogens is 234 g/mol. The first kappa shape index (κ1) is 10.1. The predicted octanol–water partition coefficient (Wildman–Crippen LogP) is 2.56. The van der Waals surface area contributed by atoms with Crippen LogP contribution in [0.15, 0.2) is 28.7 Å². The molecule has 0 bridgehead atoms. The summed E-state index contributed by atoms with van der Waals surface area (Å²) in [5.41, 5.74) is 0.980.